The fraction of sp³-hybridized carbons (Fsp3) is 0.700. The molecular formula is C20H34N2O2. The molecule has 0 N–H and O–H groups in total. The maximum Gasteiger partial charge on any atom is 0.174 e. The molecule has 0 amide bonds. The Hall–Kier alpha value is -1.58. The maximum atomic E-state index is 11.6. The number of rotatable bonds is 14. The highest BCUT2D eigenvalue weighted by Gasteiger charge is 2.00. The molecule has 0 aliphatic heterocycles. The topological polar surface area (TPSA) is 47.7 Å². The highest BCUT2D eigenvalue weighted by Crippen LogP contribution is 2.16. The number of benzene rings is 1. The zero-order chi connectivity index (χ0) is 17.5. The molecule has 1 rings (SSSR count). The Morgan fingerprint density at radius 2 is 1.42 bits per heavy atom. The fourth-order valence-corrected chi connectivity index (χ4v) is 2.63. The summed E-state index contributed by atoms with van der Waals surface area (Å²) in [7, 11) is 0. The lowest BCUT2D eigenvalue weighted by atomic mass is 10.1. The van der Waals surface area contributed by atoms with E-state index in [4.69, 9.17) is 4.84 Å². The first-order valence-electron chi connectivity index (χ1n) is 9.67. The van der Waals surface area contributed by atoms with Gasteiger partial charge in [0, 0.05) is 0 Å². The number of hydrogen-bond acceptors (Lipinski definition) is 3. The molecule has 4 nitrogen and oxygen atoms in total. The van der Waals surface area contributed by atoms with Gasteiger partial charge in [-0.3, -0.25) is 0 Å². The van der Waals surface area contributed by atoms with E-state index in [1.807, 2.05) is 12.1 Å². The third kappa shape index (κ3) is 10.2. The van der Waals surface area contributed by atoms with Gasteiger partial charge < -0.3 is 4.84 Å². The Kier molecular flexibility index (Phi) is 11.8. The lowest BCUT2D eigenvalue weighted by Gasteiger charge is -2.04. The molecule has 1 aromatic rings. The standard InChI is InChI=1S/C20H34N2O2/c1-3-5-7-9-11-13-19-14-16-20(17-15-19)21-22(23)24-18-12-10-8-6-4-2/h14-17H,3-13,18H2,1-2H3. The predicted octanol–water partition coefficient (Wildman–Crippen LogP) is 6.70. The largest absolute Gasteiger partial charge is 0.380 e. The van der Waals surface area contributed by atoms with Crippen LogP contribution in [0.4, 0.5) is 5.69 Å². The van der Waals surface area contributed by atoms with Gasteiger partial charge in [-0.1, -0.05) is 77.3 Å². The highest BCUT2D eigenvalue weighted by atomic mass is 16.9. The Bertz CT molecular complexity index is 443. The summed E-state index contributed by atoms with van der Waals surface area (Å²) in [5.41, 5.74) is 1.95. The molecule has 0 saturated carbocycles. The second kappa shape index (κ2) is 13.8. The first-order valence-corrected chi connectivity index (χ1v) is 9.67. The van der Waals surface area contributed by atoms with Crippen LogP contribution < -0.4 is 0 Å². The van der Waals surface area contributed by atoms with E-state index in [9.17, 15) is 5.21 Å². The predicted molar refractivity (Wildman–Crippen MR) is 99.3 cm³/mol. The van der Waals surface area contributed by atoms with E-state index in [-0.39, 0.29) is 0 Å². The summed E-state index contributed by atoms with van der Waals surface area (Å²) in [4.78, 5) is 5.07. The molecule has 0 spiro atoms. The van der Waals surface area contributed by atoms with Crippen LogP contribution in [0.3, 0.4) is 0 Å². The molecule has 1 aromatic carbocycles. The van der Waals surface area contributed by atoms with Gasteiger partial charge in [0.2, 0.25) is 0 Å². The molecule has 0 saturated heterocycles. The molecule has 0 fully saturated rings. The Morgan fingerprint density at radius 1 is 0.833 bits per heavy atom. The summed E-state index contributed by atoms with van der Waals surface area (Å²) in [6.45, 7) is 4.86. The van der Waals surface area contributed by atoms with E-state index in [0.29, 0.717) is 17.3 Å². The van der Waals surface area contributed by atoms with Crippen molar-refractivity contribution in [1.82, 2.24) is 0 Å². The summed E-state index contributed by atoms with van der Waals surface area (Å²) in [5.74, 6) is 0. The van der Waals surface area contributed by atoms with Gasteiger partial charge in [-0.05, 0) is 37.0 Å². The third-order valence-electron chi connectivity index (χ3n) is 4.15. The number of aryl methyl sites for hydroxylation is 1. The van der Waals surface area contributed by atoms with Crippen LogP contribution in [0.25, 0.3) is 0 Å². The molecule has 0 aliphatic carbocycles. The van der Waals surface area contributed by atoms with Gasteiger partial charge in [-0.15, -0.1) is 0 Å². The van der Waals surface area contributed by atoms with Crippen molar-refractivity contribution in [2.75, 3.05) is 6.61 Å². The monoisotopic (exact) mass is 334 g/mol. The minimum absolute atomic E-state index is 0.347. The molecule has 136 valence electrons. The van der Waals surface area contributed by atoms with Crippen molar-refractivity contribution in [1.29, 1.82) is 0 Å². The first kappa shape index (κ1) is 20.5. The van der Waals surface area contributed by atoms with E-state index >= 15 is 0 Å². The first-order chi connectivity index (χ1) is 11.8. The molecule has 0 atom stereocenters. The lowest BCUT2D eigenvalue weighted by molar-refractivity contribution is -0.787. The zero-order valence-corrected chi connectivity index (χ0v) is 15.5. The van der Waals surface area contributed by atoms with E-state index < -0.39 is 0 Å². The van der Waals surface area contributed by atoms with Crippen LogP contribution in [0.1, 0.15) is 83.6 Å². The molecule has 0 unspecified atom stereocenters. The third-order valence-corrected chi connectivity index (χ3v) is 4.15. The van der Waals surface area contributed by atoms with Crippen molar-refractivity contribution in [2.24, 2.45) is 5.11 Å². The molecule has 0 heterocycles. The summed E-state index contributed by atoms with van der Waals surface area (Å²) in [5, 5.41) is 15.8. The molecule has 4 heteroatoms. The average molecular weight is 335 g/mol. The summed E-state index contributed by atoms with van der Waals surface area (Å²) >= 11 is 0. The van der Waals surface area contributed by atoms with Crippen molar-refractivity contribution >= 4 is 5.69 Å². The molecule has 0 bridgehead atoms. The van der Waals surface area contributed by atoms with Crippen LogP contribution in [0.15, 0.2) is 29.4 Å². The normalized spacial score (nSPS) is 11.7. The second-order valence-electron chi connectivity index (χ2n) is 6.42. The van der Waals surface area contributed by atoms with Crippen molar-refractivity contribution in [3.05, 3.63) is 35.0 Å². The minimum atomic E-state index is 0.347. The quantitative estimate of drug-likeness (QED) is 0.216. The van der Waals surface area contributed by atoms with Crippen LogP contribution in [0.2, 0.25) is 0 Å². The van der Waals surface area contributed by atoms with E-state index in [1.165, 1.54) is 56.9 Å². The van der Waals surface area contributed by atoms with Gasteiger partial charge in [0.25, 0.3) is 0 Å². The summed E-state index contributed by atoms with van der Waals surface area (Å²) < 4.78 is 0. The van der Waals surface area contributed by atoms with Crippen LogP contribution in [0.5, 0.6) is 0 Å². The van der Waals surface area contributed by atoms with Crippen LogP contribution >= 0.6 is 0 Å². The molecule has 0 aliphatic rings. The van der Waals surface area contributed by atoms with Crippen LogP contribution in [-0.2, 0) is 11.3 Å². The van der Waals surface area contributed by atoms with Crippen LogP contribution in [-0.4, -0.2) is 11.6 Å². The number of nitrogens with zero attached hydrogens (tertiary/aromatic N) is 2. The van der Waals surface area contributed by atoms with Gasteiger partial charge in [0.15, 0.2) is 5.02 Å². The maximum absolute atomic E-state index is 11.6. The Labute approximate surface area is 147 Å². The molecular weight excluding hydrogens is 300 g/mol. The van der Waals surface area contributed by atoms with Crippen molar-refractivity contribution in [3.63, 3.8) is 0 Å². The van der Waals surface area contributed by atoms with Gasteiger partial charge in [0.1, 0.15) is 5.69 Å². The molecule has 0 radical (unpaired) electrons. The number of hydrogen-bond donors (Lipinski definition) is 0. The van der Waals surface area contributed by atoms with Crippen molar-refractivity contribution in [3.8, 4) is 0 Å². The second-order valence-corrected chi connectivity index (χ2v) is 6.42. The zero-order valence-electron chi connectivity index (χ0n) is 15.5. The van der Waals surface area contributed by atoms with E-state index in [1.54, 1.807) is 0 Å². The fourth-order valence-electron chi connectivity index (χ4n) is 2.63. The SMILES string of the molecule is CCCCCCCO[N+]([O-])=Nc1ccc(CCCCCCC)cc1. The van der Waals surface area contributed by atoms with Crippen LogP contribution in [0, 0.1) is 5.21 Å². The van der Waals surface area contributed by atoms with Crippen molar-refractivity contribution in [2.45, 2.75) is 84.5 Å². The molecule has 0 aromatic heterocycles. The molecule has 24 heavy (non-hydrogen) atoms. The minimum Gasteiger partial charge on any atom is -0.380 e. The highest BCUT2D eigenvalue weighted by molar-refractivity contribution is 5.37. The number of unbranched alkanes of at least 4 members (excludes halogenated alkanes) is 8. The van der Waals surface area contributed by atoms with Crippen molar-refractivity contribution < 1.29 is 9.86 Å². The average Bonchev–Trinajstić information content (AvgIpc) is 2.59. The van der Waals surface area contributed by atoms with Gasteiger partial charge in [0.05, 0.1) is 11.7 Å². The summed E-state index contributed by atoms with van der Waals surface area (Å²) in [6, 6.07) is 7.88. The Balaban J connectivity index is 2.24. The van der Waals surface area contributed by atoms with Gasteiger partial charge >= 0.3 is 0 Å². The Morgan fingerprint density at radius 3 is 2.04 bits per heavy atom. The lowest BCUT2D eigenvalue weighted by Crippen LogP contribution is -2.03. The van der Waals surface area contributed by atoms with Gasteiger partial charge in [-0.2, -0.15) is 0 Å². The van der Waals surface area contributed by atoms with E-state index in [0.717, 1.165) is 19.3 Å². The smallest absolute Gasteiger partial charge is 0.174 e. The van der Waals surface area contributed by atoms with E-state index in [2.05, 4.69) is 31.1 Å². The van der Waals surface area contributed by atoms with Gasteiger partial charge in [-0.25, -0.2) is 5.21 Å². The summed E-state index contributed by atoms with van der Waals surface area (Å²) in [6.07, 6.45) is 13.2.